The van der Waals surface area contributed by atoms with E-state index in [-0.39, 0.29) is 11.3 Å². The molecule has 2 heteroatoms. The molecular weight excluding hydrogens is 347 g/mol. The van der Waals surface area contributed by atoms with E-state index in [1.165, 1.54) is 17.2 Å². The molecule has 0 fully saturated rings. The van der Waals surface area contributed by atoms with Gasteiger partial charge in [-0.1, -0.05) is 88.7 Å². The van der Waals surface area contributed by atoms with Crippen LogP contribution in [0.2, 0.25) is 0 Å². The Morgan fingerprint density at radius 3 is 1.71 bits per heavy atom. The minimum atomic E-state index is -0.601. The van der Waals surface area contributed by atoms with Gasteiger partial charge in [-0.05, 0) is 46.4 Å². The van der Waals surface area contributed by atoms with Crippen LogP contribution >= 0.6 is 0 Å². The summed E-state index contributed by atoms with van der Waals surface area (Å²) >= 11 is 0. The largest absolute Gasteiger partial charge is 0.293 e. The van der Waals surface area contributed by atoms with Crippen molar-refractivity contribution in [1.29, 1.82) is 0 Å². The molecule has 0 bridgehead atoms. The third kappa shape index (κ3) is 4.39. The van der Waals surface area contributed by atoms with Crippen molar-refractivity contribution in [2.24, 2.45) is 5.41 Å². The minimum Gasteiger partial charge on any atom is -0.293 e. The van der Waals surface area contributed by atoms with Crippen molar-refractivity contribution < 1.29 is 9.18 Å². The first-order valence-corrected chi connectivity index (χ1v) is 9.83. The maximum Gasteiger partial charge on any atom is 0.171 e. The summed E-state index contributed by atoms with van der Waals surface area (Å²) in [7, 11) is 0. The van der Waals surface area contributed by atoms with Gasteiger partial charge < -0.3 is 0 Å². The quantitative estimate of drug-likeness (QED) is 0.427. The normalized spacial score (nSPS) is 11.5. The smallest absolute Gasteiger partial charge is 0.171 e. The van der Waals surface area contributed by atoms with Crippen LogP contribution in [0.15, 0.2) is 66.7 Å². The van der Waals surface area contributed by atoms with Crippen molar-refractivity contribution in [2.45, 2.75) is 40.5 Å². The molecule has 0 aromatic heterocycles. The molecule has 0 aliphatic heterocycles. The molecule has 0 saturated carbocycles. The van der Waals surface area contributed by atoms with Crippen LogP contribution in [0, 0.1) is 11.2 Å². The van der Waals surface area contributed by atoms with Crippen molar-refractivity contribution in [3.63, 3.8) is 0 Å². The summed E-state index contributed by atoms with van der Waals surface area (Å²) in [6.45, 7) is 7.59. The zero-order valence-electron chi connectivity index (χ0n) is 17.1. The average Bonchev–Trinajstić information content (AvgIpc) is 2.68. The number of aryl methyl sites for hydroxylation is 1. The van der Waals surface area contributed by atoms with Crippen LogP contribution in [0.5, 0.6) is 0 Å². The van der Waals surface area contributed by atoms with Crippen LogP contribution in [0.25, 0.3) is 22.3 Å². The molecule has 0 aliphatic carbocycles. The van der Waals surface area contributed by atoms with Gasteiger partial charge in [0.15, 0.2) is 5.78 Å². The highest BCUT2D eigenvalue weighted by molar-refractivity contribution is 6.00. The zero-order valence-corrected chi connectivity index (χ0v) is 17.1. The molecule has 0 spiro atoms. The lowest BCUT2D eigenvalue weighted by Gasteiger charge is -2.17. The Labute approximate surface area is 167 Å². The van der Waals surface area contributed by atoms with Gasteiger partial charge in [0.25, 0.3) is 0 Å². The SMILES string of the molecule is CCCc1ccc(-c2ccc(-c3ccc(C(=O)C(C)(C)C)c(F)c3)cc2)cc1. The monoisotopic (exact) mass is 374 g/mol. The summed E-state index contributed by atoms with van der Waals surface area (Å²) < 4.78 is 14.5. The summed E-state index contributed by atoms with van der Waals surface area (Å²) in [5.74, 6) is -0.647. The van der Waals surface area contributed by atoms with E-state index in [9.17, 15) is 9.18 Å². The summed E-state index contributed by atoms with van der Waals surface area (Å²) in [5.41, 5.74) is 4.91. The molecule has 0 heterocycles. The van der Waals surface area contributed by atoms with Crippen molar-refractivity contribution in [1.82, 2.24) is 0 Å². The molecule has 28 heavy (non-hydrogen) atoms. The van der Waals surface area contributed by atoms with Crippen LogP contribution in [-0.2, 0) is 6.42 Å². The van der Waals surface area contributed by atoms with E-state index < -0.39 is 11.2 Å². The molecule has 0 saturated heterocycles. The highest BCUT2D eigenvalue weighted by atomic mass is 19.1. The fraction of sp³-hybridized carbons (Fsp3) is 0.269. The maximum absolute atomic E-state index is 14.5. The average molecular weight is 374 g/mol. The van der Waals surface area contributed by atoms with Crippen molar-refractivity contribution in [3.8, 4) is 22.3 Å². The Balaban J connectivity index is 1.83. The Hall–Kier alpha value is -2.74. The number of rotatable bonds is 5. The molecule has 3 aromatic rings. The van der Waals surface area contributed by atoms with E-state index in [1.54, 1.807) is 26.8 Å². The van der Waals surface area contributed by atoms with Gasteiger partial charge in [0, 0.05) is 5.41 Å². The molecule has 0 unspecified atom stereocenters. The van der Waals surface area contributed by atoms with Gasteiger partial charge in [0.1, 0.15) is 5.82 Å². The van der Waals surface area contributed by atoms with Crippen LogP contribution in [0.4, 0.5) is 4.39 Å². The number of benzene rings is 3. The summed E-state index contributed by atoms with van der Waals surface area (Å²) in [6.07, 6.45) is 2.24. The van der Waals surface area contributed by atoms with Crippen LogP contribution < -0.4 is 0 Å². The van der Waals surface area contributed by atoms with E-state index in [2.05, 4.69) is 43.3 Å². The van der Waals surface area contributed by atoms with Gasteiger partial charge in [-0.15, -0.1) is 0 Å². The van der Waals surface area contributed by atoms with E-state index in [0.29, 0.717) is 0 Å². The number of hydrogen-bond acceptors (Lipinski definition) is 1. The van der Waals surface area contributed by atoms with Gasteiger partial charge in [-0.2, -0.15) is 0 Å². The fourth-order valence-electron chi connectivity index (χ4n) is 3.29. The minimum absolute atomic E-state index is 0.153. The Bertz CT molecular complexity index is 961. The van der Waals surface area contributed by atoms with Crippen LogP contribution in [0.1, 0.15) is 50.0 Å². The lowest BCUT2D eigenvalue weighted by Crippen LogP contribution is -2.21. The molecular formula is C26H27FO. The summed E-state index contributed by atoms with van der Waals surface area (Å²) in [6, 6.07) is 21.6. The van der Waals surface area contributed by atoms with E-state index >= 15 is 0 Å². The van der Waals surface area contributed by atoms with Crippen molar-refractivity contribution >= 4 is 5.78 Å². The number of hydrogen-bond donors (Lipinski definition) is 0. The number of Topliss-reactive ketones (excluding diaryl/α,β-unsaturated/α-hetero) is 1. The predicted molar refractivity (Wildman–Crippen MR) is 115 cm³/mol. The molecule has 1 nitrogen and oxygen atoms in total. The van der Waals surface area contributed by atoms with Gasteiger partial charge in [-0.3, -0.25) is 4.79 Å². The first kappa shape index (κ1) is 20.0. The highest BCUT2D eigenvalue weighted by Crippen LogP contribution is 2.28. The highest BCUT2D eigenvalue weighted by Gasteiger charge is 2.25. The number of ketones is 1. The molecule has 0 aliphatic rings. The van der Waals surface area contributed by atoms with Crippen molar-refractivity contribution in [2.75, 3.05) is 0 Å². The fourth-order valence-corrected chi connectivity index (χ4v) is 3.29. The van der Waals surface area contributed by atoms with E-state index in [4.69, 9.17) is 0 Å². The van der Waals surface area contributed by atoms with Crippen LogP contribution in [-0.4, -0.2) is 5.78 Å². The Morgan fingerprint density at radius 2 is 1.25 bits per heavy atom. The molecule has 0 N–H and O–H groups in total. The number of halogens is 1. The maximum atomic E-state index is 14.5. The lowest BCUT2D eigenvalue weighted by atomic mass is 9.86. The second-order valence-corrected chi connectivity index (χ2v) is 8.30. The van der Waals surface area contributed by atoms with E-state index in [1.807, 2.05) is 18.2 Å². The molecule has 3 rings (SSSR count). The summed E-state index contributed by atoms with van der Waals surface area (Å²) in [5, 5.41) is 0. The molecule has 0 radical (unpaired) electrons. The van der Waals surface area contributed by atoms with E-state index in [0.717, 1.165) is 29.5 Å². The van der Waals surface area contributed by atoms with Gasteiger partial charge in [0.2, 0.25) is 0 Å². The Kier molecular flexibility index (Phi) is 5.79. The molecule has 0 atom stereocenters. The third-order valence-electron chi connectivity index (χ3n) is 4.94. The molecule has 144 valence electrons. The molecule has 3 aromatic carbocycles. The van der Waals surface area contributed by atoms with Gasteiger partial charge in [-0.25, -0.2) is 4.39 Å². The lowest BCUT2D eigenvalue weighted by molar-refractivity contribution is 0.0854. The predicted octanol–water partition coefficient (Wildman–Crippen LogP) is 7.34. The topological polar surface area (TPSA) is 17.1 Å². The first-order valence-electron chi connectivity index (χ1n) is 9.83. The molecule has 0 amide bonds. The third-order valence-corrected chi connectivity index (χ3v) is 4.94. The summed E-state index contributed by atoms with van der Waals surface area (Å²) in [4.78, 5) is 12.4. The number of carbonyl (C=O) groups excluding carboxylic acids is 1. The second-order valence-electron chi connectivity index (χ2n) is 8.30. The van der Waals surface area contributed by atoms with Gasteiger partial charge in [0.05, 0.1) is 5.56 Å². The van der Waals surface area contributed by atoms with Crippen LogP contribution in [0.3, 0.4) is 0 Å². The second kappa shape index (κ2) is 8.10. The first-order chi connectivity index (χ1) is 13.3. The zero-order chi connectivity index (χ0) is 20.3. The standard InChI is InChI=1S/C26H27FO/c1-5-6-18-7-9-19(10-8-18)20-11-13-21(14-12-20)22-15-16-23(24(27)17-22)25(28)26(2,3)4/h7-17H,5-6H2,1-4H3. The van der Waals surface area contributed by atoms with Crippen molar-refractivity contribution in [3.05, 3.63) is 83.7 Å². The van der Waals surface area contributed by atoms with Gasteiger partial charge >= 0.3 is 0 Å². The number of carbonyl (C=O) groups is 1. The Morgan fingerprint density at radius 1 is 0.786 bits per heavy atom.